The summed E-state index contributed by atoms with van der Waals surface area (Å²) in [5.41, 5.74) is -2.91. The third-order valence-electron chi connectivity index (χ3n) is 3.73. The van der Waals surface area contributed by atoms with E-state index in [2.05, 4.69) is 11.3 Å². The number of carbonyl (C=O) groups excluding carboxylic acids is 2. The van der Waals surface area contributed by atoms with Gasteiger partial charge in [0, 0.05) is 0 Å². The molecule has 0 amide bonds. The normalized spacial score (nSPS) is 12.8. The van der Waals surface area contributed by atoms with E-state index in [4.69, 9.17) is 4.74 Å². The Kier molecular flexibility index (Phi) is 9.22. The van der Waals surface area contributed by atoms with Gasteiger partial charge in [0.05, 0.1) is 45.7 Å². The Morgan fingerprint density at radius 2 is 1.52 bits per heavy atom. The van der Waals surface area contributed by atoms with Crippen molar-refractivity contribution in [3.63, 3.8) is 0 Å². The van der Waals surface area contributed by atoms with Crippen molar-refractivity contribution in [2.24, 2.45) is 0 Å². The van der Waals surface area contributed by atoms with E-state index in [-0.39, 0.29) is 25.9 Å². The van der Waals surface area contributed by atoms with Crippen molar-refractivity contribution >= 4 is 11.9 Å². The summed E-state index contributed by atoms with van der Waals surface area (Å²) in [5.74, 6) is -1.37. The molecule has 29 heavy (non-hydrogen) atoms. The molecule has 1 aromatic rings. The van der Waals surface area contributed by atoms with Crippen LogP contribution < -0.4 is 17.1 Å². The SMILES string of the molecule is C=CCn1c(=O)n(CC(C)O)c(=O)n(CC(O)COC(=O)CCC(=O)OC)c1=O. The lowest BCUT2D eigenvalue weighted by atomic mass is 10.3. The van der Waals surface area contributed by atoms with Gasteiger partial charge in [-0.3, -0.25) is 9.59 Å². The molecule has 1 aromatic heterocycles. The van der Waals surface area contributed by atoms with Crippen LogP contribution in [0.3, 0.4) is 0 Å². The third kappa shape index (κ3) is 6.84. The average Bonchev–Trinajstić information content (AvgIpc) is 2.68. The third-order valence-corrected chi connectivity index (χ3v) is 3.73. The molecule has 0 spiro atoms. The lowest BCUT2D eigenvalue weighted by molar-refractivity contribution is -0.151. The molecule has 12 heteroatoms. The zero-order valence-corrected chi connectivity index (χ0v) is 16.3. The van der Waals surface area contributed by atoms with E-state index in [0.29, 0.717) is 9.13 Å². The number of aromatic nitrogens is 3. The number of ether oxygens (including phenoxy) is 2. The molecule has 2 unspecified atom stereocenters. The van der Waals surface area contributed by atoms with Crippen LogP contribution in [0.5, 0.6) is 0 Å². The molecule has 0 aliphatic carbocycles. The monoisotopic (exact) mass is 415 g/mol. The molecule has 2 atom stereocenters. The highest BCUT2D eigenvalue weighted by Crippen LogP contribution is 1.97. The summed E-state index contributed by atoms with van der Waals surface area (Å²) in [6.45, 7) is 3.17. The summed E-state index contributed by atoms with van der Waals surface area (Å²) in [5, 5.41) is 19.6. The second-order valence-corrected chi connectivity index (χ2v) is 6.23. The van der Waals surface area contributed by atoms with E-state index in [1.165, 1.54) is 20.1 Å². The van der Waals surface area contributed by atoms with Crippen LogP contribution in [0.15, 0.2) is 27.0 Å². The largest absolute Gasteiger partial charge is 0.469 e. The van der Waals surface area contributed by atoms with Crippen LogP contribution in [-0.4, -0.2) is 61.8 Å². The van der Waals surface area contributed by atoms with Crippen LogP contribution in [0.2, 0.25) is 0 Å². The molecular formula is C17H25N3O9. The van der Waals surface area contributed by atoms with E-state index in [1.54, 1.807) is 0 Å². The predicted octanol–water partition coefficient (Wildman–Crippen LogP) is -2.40. The Hall–Kier alpha value is -2.99. The Morgan fingerprint density at radius 1 is 1.00 bits per heavy atom. The van der Waals surface area contributed by atoms with Gasteiger partial charge >= 0.3 is 29.0 Å². The summed E-state index contributed by atoms with van der Waals surface area (Å²) < 4.78 is 11.2. The first kappa shape index (κ1) is 24.0. The Labute approximate surface area is 165 Å². The van der Waals surface area contributed by atoms with Gasteiger partial charge in [-0.25, -0.2) is 28.1 Å². The number of hydrogen-bond acceptors (Lipinski definition) is 9. The average molecular weight is 415 g/mol. The Morgan fingerprint density at radius 3 is 2.03 bits per heavy atom. The van der Waals surface area contributed by atoms with Crippen LogP contribution in [0, 0.1) is 0 Å². The van der Waals surface area contributed by atoms with Gasteiger partial charge in [0.15, 0.2) is 0 Å². The molecule has 2 N–H and O–H groups in total. The summed E-state index contributed by atoms with van der Waals surface area (Å²) in [7, 11) is 1.17. The predicted molar refractivity (Wildman–Crippen MR) is 99.3 cm³/mol. The van der Waals surface area contributed by atoms with Gasteiger partial charge in [0.1, 0.15) is 12.7 Å². The van der Waals surface area contributed by atoms with Gasteiger partial charge < -0.3 is 19.7 Å². The van der Waals surface area contributed by atoms with Gasteiger partial charge in [0.25, 0.3) is 0 Å². The van der Waals surface area contributed by atoms with E-state index in [0.717, 1.165) is 4.57 Å². The fourth-order valence-corrected chi connectivity index (χ4v) is 2.38. The number of allylic oxidation sites excluding steroid dienone is 1. The van der Waals surface area contributed by atoms with Crippen molar-refractivity contribution in [2.75, 3.05) is 13.7 Å². The van der Waals surface area contributed by atoms with Crippen molar-refractivity contribution in [3.8, 4) is 0 Å². The van der Waals surface area contributed by atoms with Crippen molar-refractivity contribution < 1.29 is 29.3 Å². The second-order valence-electron chi connectivity index (χ2n) is 6.23. The molecule has 12 nitrogen and oxygen atoms in total. The highest BCUT2D eigenvalue weighted by atomic mass is 16.5. The van der Waals surface area contributed by atoms with Crippen molar-refractivity contribution in [1.29, 1.82) is 0 Å². The van der Waals surface area contributed by atoms with Crippen molar-refractivity contribution in [1.82, 2.24) is 13.7 Å². The minimum absolute atomic E-state index is 0.184. The number of aliphatic hydroxyl groups is 2. The minimum atomic E-state index is -1.43. The molecule has 0 saturated carbocycles. The standard InChI is InChI=1S/C17H25N3O9/c1-4-7-18-15(25)19(8-11(2)21)17(27)20(16(18)26)9-12(22)10-29-14(24)6-5-13(23)28-3/h4,11-12,21-22H,1,5-10H2,2-3H3. The van der Waals surface area contributed by atoms with Crippen LogP contribution in [0.25, 0.3) is 0 Å². The fourth-order valence-electron chi connectivity index (χ4n) is 2.38. The molecular weight excluding hydrogens is 390 g/mol. The van der Waals surface area contributed by atoms with Gasteiger partial charge in [0.2, 0.25) is 0 Å². The van der Waals surface area contributed by atoms with E-state index in [9.17, 15) is 34.2 Å². The number of methoxy groups -OCH3 is 1. The fraction of sp³-hybridized carbons (Fsp3) is 0.588. The summed E-state index contributed by atoms with van der Waals surface area (Å²) >= 11 is 0. The van der Waals surface area contributed by atoms with Gasteiger partial charge in [-0.1, -0.05) is 6.08 Å². The Balaban J connectivity index is 3.01. The topological polar surface area (TPSA) is 159 Å². The van der Waals surface area contributed by atoms with Crippen LogP contribution in [0.1, 0.15) is 19.8 Å². The van der Waals surface area contributed by atoms with Crippen LogP contribution in [-0.2, 0) is 38.7 Å². The molecule has 0 aliphatic rings. The van der Waals surface area contributed by atoms with Crippen molar-refractivity contribution in [3.05, 3.63) is 44.1 Å². The lowest BCUT2D eigenvalue weighted by Gasteiger charge is -2.16. The molecule has 0 aliphatic heterocycles. The zero-order valence-electron chi connectivity index (χ0n) is 16.3. The number of nitrogens with zero attached hydrogens (tertiary/aromatic N) is 3. The van der Waals surface area contributed by atoms with Gasteiger partial charge in [-0.2, -0.15) is 0 Å². The quantitative estimate of drug-likeness (QED) is 0.297. The minimum Gasteiger partial charge on any atom is -0.469 e. The second kappa shape index (κ2) is 11.1. The molecule has 1 heterocycles. The molecule has 0 fully saturated rings. The number of hydrogen-bond donors (Lipinski definition) is 2. The lowest BCUT2D eigenvalue weighted by Crippen LogP contribution is -2.56. The highest BCUT2D eigenvalue weighted by Gasteiger charge is 2.19. The number of esters is 2. The maximum absolute atomic E-state index is 12.5. The van der Waals surface area contributed by atoms with Crippen molar-refractivity contribution in [2.45, 2.75) is 51.6 Å². The number of rotatable bonds is 11. The first-order chi connectivity index (χ1) is 13.6. The molecule has 0 saturated heterocycles. The van der Waals surface area contributed by atoms with E-state index >= 15 is 0 Å². The first-order valence-corrected chi connectivity index (χ1v) is 8.76. The maximum Gasteiger partial charge on any atom is 0.336 e. The maximum atomic E-state index is 12.5. The Bertz CT molecular complexity index is 910. The smallest absolute Gasteiger partial charge is 0.336 e. The van der Waals surface area contributed by atoms with Gasteiger partial charge in [-0.05, 0) is 6.92 Å². The van der Waals surface area contributed by atoms with E-state index < -0.39 is 54.4 Å². The highest BCUT2D eigenvalue weighted by molar-refractivity contribution is 5.77. The summed E-state index contributed by atoms with van der Waals surface area (Å²) in [4.78, 5) is 59.8. The number of carbonyl (C=O) groups is 2. The zero-order chi connectivity index (χ0) is 22.1. The number of aliphatic hydroxyl groups excluding tert-OH is 2. The molecule has 0 radical (unpaired) electrons. The summed E-state index contributed by atoms with van der Waals surface area (Å²) in [6.07, 6.45) is -1.64. The van der Waals surface area contributed by atoms with Gasteiger partial charge in [-0.15, -0.1) is 6.58 Å². The first-order valence-electron chi connectivity index (χ1n) is 8.76. The van der Waals surface area contributed by atoms with E-state index in [1.807, 2.05) is 0 Å². The molecule has 0 aromatic carbocycles. The molecule has 0 bridgehead atoms. The van der Waals surface area contributed by atoms with Crippen LogP contribution >= 0.6 is 0 Å². The molecule has 1 rings (SSSR count). The molecule has 162 valence electrons. The van der Waals surface area contributed by atoms with Crippen LogP contribution in [0.4, 0.5) is 0 Å². The summed E-state index contributed by atoms with van der Waals surface area (Å²) in [6, 6.07) is 0.